The highest BCUT2D eigenvalue weighted by Crippen LogP contribution is 2.38. The molecule has 1 aliphatic carbocycles. The second kappa shape index (κ2) is 7.31. The Kier molecular flexibility index (Phi) is 4.73. The SMILES string of the molecule is COc1cc(N2CCCC(Nc3ccnc(C4CC4)n3)C2)nc(OC)n1. The minimum Gasteiger partial charge on any atom is -0.481 e. The van der Waals surface area contributed by atoms with Gasteiger partial charge < -0.3 is 19.7 Å². The van der Waals surface area contributed by atoms with Gasteiger partial charge in [0.2, 0.25) is 5.88 Å². The highest BCUT2D eigenvalue weighted by molar-refractivity contribution is 5.45. The van der Waals surface area contributed by atoms with Gasteiger partial charge in [-0.3, -0.25) is 0 Å². The maximum absolute atomic E-state index is 5.26. The lowest BCUT2D eigenvalue weighted by Gasteiger charge is -2.34. The largest absolute Gasteiger partial charge is 0.481 e. The summed E-state index contributed by atoms with van der Waals surface area (Å²) in [7, 11) is 3.16. The van der Waals surface area contributed by atoms with Crippen LogP contribution in [-0.4, -0.2) is 53.3 Å². The van der Waals surface area contributed by atoms with Crippen molar-refractivity contribution in [2.75, 3.05) is 37.5 Å². The van der Waals surface area contributed by atoms with Gasteiger partial charge in [0, 0.05) is 37.3 Å². The number of methoxy groups -OCH3 is 2. The van der Waals surface area contributed by atoms with Crippen LogP contribution >= 0.6 is 0 Å². The molecule has 0 spiro atoms. The molecule has 1 saturated heterocycles. The Labute approximate surface area is 153 Å². The van der Waals surface area contributed by atoms with E-state index < -0.39 is 0 Å². The van der Waals surface area contributed by atoms with Crippen LogP contribution in [0.2, 0.25) is 0 Å². The minimum atomic E-state index is 0.303. The number of rotatable bonds is 6. The Morgan fingerprint density at radius 3 is 2.77 bits per heavy atom. The van der Waals surface area contributed by atoms with Gasteiger partial charge in [0.05, 0.1) is 14.2 Å². The first-order valence-electron chi connectivity index (χ1n) is 9.06. The van der Waals surface area contributed by atoms with Gasteiger partial charge in [0.25, 0.3) is 0 Å². The van der Waals surface area contributed by atoms with Crippen LogP contribution in [-0.2, 0) is 0 Å². The van der Waals surface area contributed by atoms with Crippen molar-refractivity contribution < 1.29 is 9.47 Å². The molecule has 1 N–H and O–H groups in total. The zero-order valence-electron chi connectivity index (χ0n) is 15.2. The molecular formula is C18H24N6O2. The Morgan fingerprint density at radius 2 is 2.00 bits per heavy atom. The standard InChI is InChI=1S/C18H24N6O2/c1-25-16-10-15(22-18(23-16)26-2)24-9-3-4-13(11-24)20-14-7-8-19-17(21-14)12-5-6-12/h7-8,10,12-13H,3-6,9,11H2,1-2H3,(H,19,20,21). The topological polar surface area (TPSA) is 85.3 Å². The number of nitrogens with zero attached hydrogens (tertiary/aromatic N) is 5. The third kappa shape index (κ3) is 3.79. The van der Waals surface area contributed by atoms with Crippen LogP contribution in [0.4, 0.5) is 11.6 Å². The molecule has 0 amide bonds. The summed E-state index contributed by atoms with van der Waals surface area (Å²) in [5, 5.41) is 3.56. The van der Waals surface area contributed by atoms with Gasteiger partial charge >= 0.3 is 6.01 Å². The number of anilines is 2. The van der Waals surface area contributed by atoms with E-state index in [0.29, 0.717) is 23.9 Å². The summed E-state index contributed by atoms with van der Waals surface area (Å²) >= 11 is 0. The quantitative estimate of drug-likeness (QED) is 0.843. The molecule has 2 aromatic heterocycles. The van der Waals surface area contributed by atoms with E-state index in [1.807, 2.05) is 18.3 Å². The molecule has 8 nitrogen and oxygen atoms in total. The van der Waals surface area contributed by atoms with E-state index in [1.54, 1.807) is 14.2 Å². The molecule has 26 heavy (non-hydrogen) atoms. The molecule has 1 atom stereocenters. The fourth-order valence-electron chi connectivity index (χ4n) is 3.25. The molecule has 0 radical (unpaired) electrons. The predicted molar refractivity (Wildman–Crippen MR) is 98.0 cm³/mol. The number of hydrogen-bond acceptors (Lipinski definition) is 8. The Bertz CT molecular complexity index is 745. The van der Waals surface area contributed by atoms with Gasteiger partial charge in [0.15, 0.2) is 0 Å². The second-order valence-corrected chi connectivity index (χ2v) is 6.76. The monoisotopic (exact) mass is 356 g/mol. The predicted octanol–water partition coefficient (Wildman–Crippen LogP) is 2.24. The highest BCUT2D eigenvalue weighted by atomic mass is 16.5. The van der Waals surface area contributed by atoms with Gasteiger partial charge in [-0.15, -0.1) is 0 Å². The van der Waals surface area contributed by atoms with E-state index >= 15 is 0 Å². The molecule has 4 rings (SSSR count). The maximum Gasteiger partial charge on any atom is 0.321 e. The molecule has 2 aliphatic rings. The van der Waals surface area contributed by atoms with Gasteiger partial charge in [0.1, 0.15) is 17.5 Å². The van der Waals surface area contributed by atoms with Gasteiger partial charge in [-0.1, -0.05) is 0 Å². The number of ether oxygens (including phenoxy) is 2. The summed E-state index contributed by atoms with van der Waals surface area (Å²) in [5.74, 6) is 3.76. The molecule has 0 aromatic carbocycles. The van der Waals surface area contributed by atoms with Crippen molar-refractivity contribution >= 4 is 11.6 Å². The molecule has 1 aliphatic heterocycles. The van der Waals surface area contributed by atoms with Crippen molar-refractivity contribution in [2.45, 2.75) is 37.6 Å². The molecular weight excluding hydrogens is 332 g/mol. The summed E-state index contributed by atoms with van der Waals surface area (Å²) < 4.78 is 10.5. The van der Waals surface area contributed by atoms with E-state index in [-0.39, 0.29) is 0 Å². The summed E-state index contributed by atoms with van der Waals surface area (Å²) in [4.78, 5) is 19.9. The molecule has 2 aromatic rings. The highest BCUT2D eigenvalue weighted by Gasteiger charge is 2.27. The lowest BCUT2D eigenvalue weighted by atomic mass is 10.1. The van der Waals surface area contributed by atoms with E-state index in [2.05, 4.69) is 30.2 Å². The van der Waals surface area contributed by atoms with Gasteiger partial charge in [-0.05, 0) is 31.7 Å². The fraction of sp³-hybridized carbons (Fsp3) is 0.556. The fourth-order valence-corrected chi connectivity index (χ4v) is 3.25. The Morgan fingerprint density at radius 1 is 1.12 bits per heavy atom. The lowest BCUT2D eigenvalue weighted by molar-refractivity contribution is 0.351. The number of aromatic nitrogens is 4. The van der Waals surface area contributed by atoms with Gasteiger partial charge in [-0.2, -0.15) is 9.97 Å². The van der Waals surface area contributed by atoms with Crippen molar-refractivity contribution in [3.05, 3.63) is 24.2 Å². The van der Waals surface area contributed by atoms with E-state index in [9.17, 15) is 0 Å². The zero-order valence-corrected chi connectivity index (χ0v) is 15.2. The first-order valence-corrected chi connectivity index (χ1v) is 9.06. The molecule has 1 saturated carbocycles. The van der Waals surface area contributed by atoms with Crippen LogP contribution in [0.3, 0.4) is 0 Å². The molecule has 8 heteroatoms. The van der Waals surface area contributed by atoms with Crippen molar-refractivity contribution in [2.24, 2.45) is 0 Å². The van der Waals surface area contributed by atoms with Crippen molar-refractivity contribution in [3.63, 3.8) is 0 Å². The lowest BCUT2D eigenvalue weighted by Crippen LogP contribution is -2.42. The van der Waals surface area contributed by atoms with E-state index in [0.717, 1.165) is 43.4 Å². The maximum atomic E-state index is 5.26. The first-order chi connectivity index (χ1) is 12.7. The zero-order chi connectivity index (χ0) is 17.9. The third-order valence-electron chi connectivity index (χ3n) is 4.77. The van der Waals surface area contributed by atoms with E-state index in [4.69, 9.17) is 9.47 Å². The van der Waals surface area contributed by atoms with Crippen LogP contribution in [0.15, 0.2) is 18.3 Å². The number of hydrogen-bond donors (Lipinski definition) is 1. The van der Waals surface area contributed by atoms with Crippen LogP contribution < -0.4 is 19.7 Å². The Balaban J connectivity index is 1.46. The normalized spacial score (nSPS) is 19.9. The van der Waals surface area contributed by atoms with Crippen molar-refractivity contribution in [1.82, 2.24) is 19.9 Å². The van der Waals surface area contributed by atoms with Gasteiger partial charge in [-0.25, -0.2) is 9.97 Å². The second-order valence-electron chi connectivity index (χ2n) is 6.76. The van der Waals surface area contributed by atoms with Crippen LogP contribution in [0.25, 0.3) is 0 Å². The van der Waals surface area contributed by atoms with E-state index in [1.165, 1.54) is 12.8 Å². The Hall–Kier alpha value is -2.64. The van der Waals surface area contributed by atoms with Crippen molar-refractivity contribution in [1.29, 1.82) is 0 Å². The van der Waals surface area contributed by atoms with Crippen LogP contribution in [0, 0.1) is 0 Å². The molecule has 138 valence electrons. The number of piperidine rings is 1. The summed E-state index contributed by atoms with van der Waals surface area (Å²) in [6.07, 6.45) is 6.44. The summed E-state index contributed by atoms with van der Waals surface area (Å²) in [5.41, 5.74) is 0. The average molecular weight is 356 g/mol. The summed E-state index contributed by atoms with van der Waals surface area (Å²) in [6, 6.07) is 4.42. The molecule has 3 heterocycles. The number of nitrogens with one attached hydrogen (secondary N) is 1. The molecule has 1 unspecified atom stereocenters. The third-order valence-corrected chi connectivity index (χ3v) is 4.77. The smallest absolute Gasteiger partial charge is 0.321 e. The van der Waals surface area contributed by atoms with Crippen molar-refractivity contribution in [3.8, 4) is 11.9 Å². The average Bonchev–Trinajstić information content (AvgIpc) is 3.53. The van der Waals surface area contributed by atoms with Crippen LogP contribution in [0.1, 0.15) is 37.4 Å². The first kappa shape index (κ1) is 16.8. The minimum absolute atomic E-state index is 0.303. The molecule has 2 fully saturated rings. The van der Waals surface area contributed by atoms with Crippen LogP contribution in [0.5, 0.6) is 11.9 Å². The molecule has 0 bridgehead atoms. The summed E-state index contributed by atoms with van der Waals surface area (Å²) in [6.45, 7) is 1.78.